The topological polar surface area (TPSA) is 69.0 Å². The number of amides is 1. The predicted octanol–water partition coefficient (Wildman–Crippen LogP) is 2.87. The van der Waals surface area contributed by atoms with Crippen molar-refractivity contribution in [2.24, 2.45) is 11.8 Å². The minimum Gasteiger partial charge on any atom is -0.356 e. The van der Waals surface area contributed by atoms with Crippen LogP contribution in [-0.2, 0) is 4.79 Å². The molecule has 2 aliphatic rings. The van der Waals surface area contributed by atoms with E-state index in [9.17, 15) is 10.1 Å². The van der Waals surface area contributed by atoms with Gasteiger partial charge in [-0.25, -0.2) is 4.98 Å². The fraction of sp³-hybridized carbons (Fsp3) is 0.632. The Morgan fingerprint density at radius 1 is 1.25 bits per heavy atom. The minimum atomic E-state index is 0.223. The van der Waals surface area contributed by atoms with Gasteiger partial charge in [0.25, 0.3) is 0 Å². The van der Waals surface area contributed by atoms with Crippen LogP contribution in [0.1, 0.15) is 50.5 Å². The first-order valence-corrected chi connectivity index (χ1v) is 9.13. The number of aromatic nitrogens is 1. The molecule has 24 heavy (non-hydrogen) atoms. The van der Waals surface area contributed by atoms with Crippen LogP contribution in [0, 0.1) is 23.2 Å². The van der Waals surface area contributed by atoms with E-state index < -0.39 is 0 Å². The Kier molecular flexibility index (Phi) is 5.68. The van der Waals surface area contributed by atoms with Gasteiger partial charge in [0.15, 0.2) is 0 Å². The number of nitriles is 1. The first-order valence-electron chi connectivity index (χ1n) is 9.13. The molecule has 1 aliphatic carbocycles. The number of hydrogen-bond acceptors (Lipinski definition) is 4. The van der Waals surface area contributed by atoms with Gasteiger partial charge < -0.3 is 10.2 Å². The summed E-state index contributed by atoms with van der Waals surface area (Å²) in [7, 11) is 0. The second-order valence-electron chi connectivity index (χ2n) is 7.08. The largest absolute Gasteiger partial charge is 0.356 e. The van der Waals surface area contributed by atoms with Gasteiger partial charge in [-0.3, -0.25) is 4.79 Å². The van der Waals surface area contributed by atoms with Gasteiger partial charge in [-0.15, -0.1) is 0 Å². The average molecular weight is 326 g/mol. The van der Waals surface area contributed by atoms with Crippen molar-refractivity contribution in [3.05, 3.63) is 23.9 Å². The molecule has 1 N–H and O–H groups in total. The van der Waals surface area contributed by atoms with Gasteiger partial charge >= 0.3 is 0 Å². The zero-order chi connectivity index (χ0) is 16.8. The summed E-state index contributed by atoms with van der Waals surface area (Å²) in [4.78, 5) is 18.6. The van der Waals surface area contributed by atoms with E-state index in [1.54, 1.807) is 12.3 Å². The summed E-state index contributed by atoms with van der Waals surface area (Å²) in [5, 5.41) is 12.3. The molecule has 1 saturated carbocycles. The molecule has 128 valence electrons. The SMILES string of the molecule is N#Cc1cccnc1N1CCC(CNC(=O)CC2CCCC2)CC1. The number of rotatable bonds is 5. The molecule has 2 fully saturated rings. The molecule has 1 aromatic rings. The van der Waals surface area contributed by atoms with Crippen LogP contribution in [0.4, 0.5) is 5.82 Å². The standard InChI is InChI=1S/C19H26N4O/c20-13-17-6-3-9-21-19(17)23-10-7-16(8-11-23)14-22-18(24)12-15-4-1-2-5-15/h3,6,9,15-16H,1-2,4-5,7-8,10-12,14H2,(H,22,24). The highest BCUT2D eigenvalue weighted by Gasteiger charge is 2.23. The molecule has 0 aromatic carbocycles. The first-order chi connectivity index (χ1) is 11.8. The quantitative estimate of drug-likeness (QED) is 0.903. The van der Waals surface area contributed by atoms with Crippen LogP contribution in [0.5, 0.6) is 0 Å². The smallest absolute Gasteiger partial charge is 0.220 e. The molecule has 5 nitrogen and oxygen atoms in total. The fourth-order valence-electron chi connectivity index (χ4n) is 3.89. The molecule has 1 aliphatic heterocycles. The Morgan fingerprint density at radius 2 is 2.00 bits per heavy atom. The number of piperidine rings is 1. The van der Waals surface area contributed by atoms with Gasteiger partial charge in [0.05, 0.1) is 5.56 Å². The van der Waals surface area contributed by atoms with Crippen LogP contribution < -0.4 is 10.2 Å². The summed E-state index contributed by atoms with van der Waals surface area (Å²) in [5.41, 5.74) is 0.640. The normalized spacial score (nSPS) is 19.2. The third-order valence-corrected chi connectivity index (χ3v) is 5.36. The third kappa shape index (κ3) is 4.25. The molecule has 0 atom stereocenters. The van der Waals surface area contributed by atoms with E-state index in [0.29, 0.717) is 23.8 Å². The zero-order valence-electron chi connectivity index (χ0n) is 14.2. The van der Waals surface area contributed by atoms with Crippen molar-refractivity contribution in [3.63, 3.8) is 0 Å². The predicted molar refractivity (Wildman–Crippen MR) is 93.5 cm³/mol. The second-order valence-corrected chi connectivity index (χ2v) is 7.08. The highest BCUT2D eigenvalue weighted by molar-refractivity contribution is 5.76. The molecule has 0 spiro atoms. The van der Waals surface area contributed by atoms with E-state index in [0.717, 1.165) is 38.3 Å². The van der Waals surface area contributed by atoms with Crippen molar-refractivity contribution in [2.75, 3.05) is 24.5 Å². The van der Waals surface area contributed by atoms with Crippen LogP contribution in [0.3, 0.4) is 0 Å². The molecule has 2 heterocycles. The molecule has 0 unspecified atom stereocenters. The molecule has 3 rings (SSSR count). The van der Waals surface area contributed by atoms with Gasteiger partial charge in [0.1, 0.15) is 11.9 Å². The van der Waals surface area contributed by atoms with Crippen LogP contribution in [0.25, 0.3) is 0 Å². The summed E-state index contributed by atoms with van der Waals surface area (Å²) >= 11 is 0. The summed E-state index contributed by atoms with van der Waals surface area (Å²) in [6, 6.07) is 5.83. The lowest BCUT2D eigenvalue weighted by atomic mass is 9.96. The summed E-state index contributed by atoms with van der Waals surface area (Å²) < 4.78 is 0. The van der Waals surface area contributed by atoms with Crippen molar-refractivity contribution in [1.29, 1.82) is 5.26 Å². The van der Waals surface area contributed by atoms with Crippen molar-refractivity contribution < 1.29 is 4.79 Å². The fourth-order valence-corrected chi connectivity index (χ4v) is 3.89. The van der Waals surface area contributed by atoms with Gasteiger partial charge in [-0.1, -0.05) is 12.8 Å². The van der Waals surface area contributed by atoms with Gasteiger partial charge in [0, 0.05) is 32.3 Å². The Morgan fingerprint density at radius 3 is 2.71 bits per heavy atom. The summed E-state index contributed by atoms with van der Waals surface area (Å²) in [6.07, 6.45) is 9.53. The van der Waals surface area contributed by atoms with Crippen molar-refractivity contribution in [1.82, 2.24) is 10.3 Å². The number of carbonyl (C=O) groups is 1. The molecule has 1 aromatic heterocycles. The highest BCUT2D eigenvalue weighted by atomic mass is 16.1. The average Bonchev–Trinajstić information content (AvgIpc) is 3.13. The molecular formula is C19H26N4O. The number of nitrogens with zero attached hydrogens (tertiary/aromatic N) is 3. The number of anilines is 1. The van der Waals surface area contributed by atoms with Gasteiger partial charge in [-0.2, -0.15) is 5.26 Å². The van der Waals surface area contributed by atoms with Crippen LogP contribution in [0.15, 0.2) is 18.3 Å². The van der Waals surface area contributed by atoms with E-state index in [1.807, 2.05) is 6.07 Å². The van der Waals surface area contributed by atoms with Crippen LogP contribution in [0.2, 0.25) is 0 Å². The number of pyridine rings is 1. The lowest BCUT2D eigenvalue weighted by Crippen LogP contribution is -2.39. The molecule has 5 heteroatoms. The first kappa shape index (κ1) is 16.8. The Bertz CT molecular complexity index is 596. The number of nitrogens with one attached hydrogen (secondary N) is 1. The zero-order valence-corrected chi connectivity index (χ0v) is 14.2. The third-order valence-electron chi connectivity index (χ3n) is 5.36. The molecule has 1 saturated heterocycles. The van der Waals surface area contributed by atoms with Crippen molar-refractivity contribution in [2.45, 2.75) is 44.9 Å². The second kappa shape index (κ2) is 8.14. The van der Waals surface area contributed by atoms with Gasteiger partial charge in [0.2, 0.25) is 5.91 Å². The molecular weight excluding hydrogens is 300 g/mol. The summed E-state index contributed by atoms with van der Waals surface area (Å²) in [6.45, 7) is 2.58. The van der Waals surface area contributed by atoms with E-state index in [1.165, 1.54) is 25.7 Å². The molecule has 0 radical (unpaired) electrons. The number of carbonyl (C=O) groups excluding carboxylic acids is 1. The maximum Gasteiger partial charge on any atom is 0.220 e. The van der Waals surface area contributed by atoms with E-state index in [2.05, 4.69) is 21.3 Å². The lowest BCUT2D eigenvalue weighted by molar-refractivity contribution is -0.122. The Hall–Kier alpha value is -2.09. The highest BCUT2D eigenvalue weighted by Crippen LogP contribution is 2.27. The van der Waals surface area contributed by atoms with Crippen molar-refractivity contribution in [3.8, 4) is 6.07 Å². The van der Waals surface area contributed by atoms with Crippen LogP contribution in [-0.4, -0.2) is 30.5 Å². The van der Waals surface area contributed by atoms with Crippen molar-refractivity contribution >= 4 is 11.7 Å². The van der Waals surface area contributed by atoms with Gasteiger partial charge in [-0.05, 0) is 49.7 Å². The molecule has 0 bridgehead atoms. The lowest BCUT2D eigenvalue weighted by Gasteiger charge is -2.33. The Balaban J connectivity index is 1.42. The number of hydrogen-bond donors (Lipinski definition) is 1. The van der Waals surface area contributed by atoms with E-state index >= 15 is 0 Å². The Labute approximate surface area is 144 Å². The van der Waals surface area contributed by atoms with Crippen LogP contribution >= 0.6 is 0 Å². The maximum atomic E-state index is 12.0. The monoisotopic (exact) mass is 326 g/mol. The molecule has 1 amide bonds. The van der Waals surface area contributed by atoms with E-state index in [4.69, 9.17) is 0 Å². The van der Waals surface area contributed by atoms with E-state index in [-0.39, 0.29) is 5.91 Å². The minimum absolute atomic E-state index is 0.223. The maximum absolute atomic E-state index is 12.0. The summed E-state index contributed by atoms with van der Waals surface area (Å²) in [5.74, 6) is 2.16.